The second-order valence-electron chi connectivity index (χ2n) is 6.13. The lowest BCUT2D eigenvalue weighted by Gasteiger charge is -2.20. The van der Waals surface area contributed by atoms with Crippen molar-refractivity contribution in [2.24, 2.45) is 0 Å². The van der Waals surface area contributed by atoms with Gasteiger partial charge in [-0.25, -0.2) is 9.18 Å². The first kappa shape index (κ1) is 20.1. The molecular formula is C23H20FNO4. The second-order valence-corrected chi connectivity index (χ2v) is 6.13. The van der Waals surface area contributed by atoms with Crippen LogP contribution in [0, 0.1) is 5.82 Å². The molecule has 3 aromatic rings. The summed E-state index contributed by atoms with van der Waals surface area (Å²) in [5, 5.41) is 0. The Morgan fingerprint density at radius 3 is 2.28 bits per heavy atom. The van der Waals surface area contributed by atoms with Gasteiger partial charge in [0.1, 0.15) is 17.3 Å². The number of rotatable bonds is 7. The highest BCUT2D eigenvalue weighted by atomic mass is 19.1. The highest BCUT2D eigenvalue weighted by Crippen LogP contribution is 2.22. The average molecular weight is 393 g/mol. The molecule has 0 aromatic heterocycles. The summed E-state index contributed by atoms with van der Waals surface area (Å²) in [5.41, 5.74) is 0.810. The van der Waals surface area contributed by atoms with Crippen LogP contribution in [0.5, 0.6) is 11.5 Å². The fourth-order valence-electron chi connectivity index (χ4n) is 2.72. The van der Waals surface area contributed by atoms with Gasteiger partial charge in [0.25, 0.3) is 5.91 Å². The quantitative estimate of drug-likeness (QED) is 0.540. The van der Waals surface area contributed by atoms with Gasteiger partial charge in [0, 0.05) is 12.2 Å². The van der Waals surface area contributed by atoms with Gasteiger partial charge in [0.15, 0.2) is 6.61 Å². The van der Waals surface area contributed by atoms with Gasteiger partial charge < -0.3 is 14.4 Å². The zero-order chi connectivity index (χ0) is 20.6. The molecule has 0 N–H and O–H groups in total. The molecule has 0 heterocycles. The van der Waals surface area contributed by atoms with Crippen LogP contribution >= 0.6 is 0 Å². The summed E-state index contributed by atoms with van der Waals surface area (Å²) in [6.45, 7) is 1.73. The van der Waals surface area contributed by atoms with Crippen LogP contribution in [0.2, 0.25) is 0 Å². The largest absolute Gasteiger partial charge is 0.457 e. The zero-order valence-corrected chi connectivity index (χ0v) is 15.9. The fourth-order valence-corrected chi connectivity index (χ4v) is 2.72. The van der Waals surface area contributed by atoms with Gasteiger partial charge in [0.2, 0.25) is 0 Å². The number of anilines is 1. The molecule has 148 valence electrons. The van der Waals surface area contributed by atoms with E-state index in [4.69, 9.17) is 9.47 Å². The number of halogens is 1. The summed E-state index contributed by atoms with van der Waals surface area (Å²) in [5.74, 6) is -0.290. The van der Waals surface area contributed by atoms with Crippen molar-refractivity contribution >= 4 is 17.6 Å². The van der Waals surface area contributed by atoms with Gasteiger partial charge in [-0.3, -0.25) is 4.79 Å². The number of hydrogen-bond donors (Lipinski definition) is 0. The Morgan fingerprint density at radius 1 is 0.897 bits per heavy atom. The van der Waals surface area contributed by atoms with Crippen LogP contribution < -0.4 is 9.64 Å². The Hall–Kier alpha value is -3.67. The van der Waals surface area contributed by atoms with Crippen molar-refractivity contribution in [1.29, 1.82) is 0 Å². The van der Waals surface area contributed by atoms with Crippen molar-refractivity contribution < 1.29 is 23.5 Å². The lowest BCUT2D eigenvalue weighted by Crippen LogP contribution is -2.34. The van der Waals surface area contributed by atoms with E-state index >= 15 is 0 Å². The average Bonchev–Trinajstić information content (AvgIpc) is 2.75. The van der Waals surface area contributed by atoms with Gasteiger partial charge in [-0.2, -0.15) is 0 Å². The lowest BCUT2D eigenvalue weighted by molar-refractivity contribution is -0.121. The highest BCUT2D eigenvalue weighted by molar-refractivity contribution is 5.97. The number of esters is 1. The predicted octanol–water partition coefficient (Wildman–Crippen LogP) is 4.83. The molecule has 0 aliphatic heterocycles. The van der Waals surface area contributed by atoms with E-state index in [2.05, 4.69) is 0 Å². The van der Waals surface area contributed by atoms with Crippen molar-refractivity contribution in [1.82, 2.24) is 0 Å². The maximum absolute atomic E-state index is 13.1. The minimum absolute atomic E-state index is 0.274. The standard InChI is InChI=1S/C23H20FNO4/c1-2-25(19-13-11-18(24)12-14-19)22(26)16-28-23(27)17-7-6-10-21(15-17)29-20-8-4-3-5-9-20/h3-15H,2,16H2,1H3. The number of para-hydroxylation sites is 1. The number of amides is 1. The topological polar surface area (TPSA) is 55.8 Å². The molecule has 0 bridgehead atoms. The molecule has 0 fully saturated rings. The van der Waals surface area contributed by atoms with Crippen LogP contribution in [0.15, 0.2) is 78.9 Å². The zero-order valence-electron chi connectivity index (χ0n) is 15.9. The fraction of sp³-hybridized carbons (Fsp3) is 0.130. The number of carbonyl (C=O) groups excluding carboxylic acids is 2. The molecule has 0 aliphatic carbocycles. The SMILES string of the molecule is CCN(C(=O)COC(=O)c1cccc(Oc2ccccc2)c1)c1ccc(F)cc1. The normalized spacial score (nSPS) is 10.3. The highest BCUT2D eigenvalue weighted by Gasteiger charge is 2.17. The van der Waals surface area contributed by atoms with E-state index in [0.717, 1.165) is 0 Å². The van der Waals surface area contributed by atoms with Crippen molar-refractivity contribution in [3.63, 3.8) is 0 Å². The minimum atomic E-state index is -0.632. The number of ether oxygens (including phenoxy) is 2. The third kappa shape index (κ3) is 5.42. The molecule has 0 saturated heterocycles. The van der Waals surface area contributed by atoms with E-state index in [1.807, 2.05) is 18.2 Å². The van der Waals surface area contributed by atoms with Gasteiger partial charge in [-0.1, -0.05) is 24.3 Å². The Kier molecular flexibility index (Phi) is 6.58. The maximum atomic E-state index is 13.1. The molecule has 0 radical (unpaired) electrons. The summed E-state index contributed by atoms with van der Waals surface area (Å²) < 4.78 is 24.0. The molecule has 0 saturated carbocycles. The molecule has 0 spiro atoms. The molecule has 0 unspecified atom stereocenters. The Labute approximate surface area is 168 Å². The molecule has 3 rings (SSSR count). The third-order valence-corrected chi connectivity index (χ3v) is 4.13. The van der Waals surface area contributed by atoms with Crippen LogP contribution in [0.4, 0.5) is 10.1 Å². The summed E-state index contributed by atoms with van der Waals surface area (Å²) in [7, 11) is 0. The van der Waals surface area contributed by atoms with Crippen LogP contribution in [0.1, 0.15) is 17.3 Å². The molecule has 29 heavy (non-hydrogen) atoms. The minimum Gasteiger partial charge on any atom is -0.457 e. The molecule has 3 aromatic carbocycles. The van der Waals surface area contributed by atoms with E-state index in [-0.39, 0.29) is 11.4 Å². The van der Waals surface area contributed by atoms with Crippen LogP contribution in [-0.4, -0.2) is 25.0 Å². The Bertz CT molecular complexity index is 974. The van der Waals surface area contributed by atoms with Crippen molar-refractivity contribution in [2.45, 2.75) is 6.92 Å². The summed E-state index contributed by atoms with van der Waals surface area (Å²) in [6.07, 6.45) is 0. The van der Waals surface area contributed by atoms with Crippen LogP contribution in [0.25, 0.3) is 0 Å². The lowest BCUT2D eigenvalue weighted by atomic mass is 10.2. The first-order valence-electron chi connectivity index (χ1n) is 9.13. The number of benzene rings is 3. The van der Waals surface area contributed by atoms with Crippen molar-refractivity contribution in [3.8, 4) is 11.5 Å². The van der Waals surface area contributed by atoms with Crippen molar-refractivity contribution in [3.05, 3.63) is 90.2 Å². The monoisotopic (exact) mass is 393 g/mol. The molecule has 5 nitrogen and oxygen atoms in total. The Morgan fingerprint density at radius 2 is 1.59 bits per heavy atom. The summed E-state index contributed by atoms with van der Waals surface area (Å²) in [4.78, 5) is 26.2. The summed E-state index contributed by atoms with van der Waals surface area (Å²) >= 11 is 0. The van der Waals surface area contributed by atoms with Gasteiger partial charge in [-0.05, 0) is 61.5 Å². The smallest absolute Gasteiger partial charge is 0.338 e. The van der Waals surface area contributed by atoms with Gasteiger partial charge in [0.05, 0.1) is 5.56 Å². The summed E-state index contributed by atoms with van der Waals surface area (Å²) in [6, 6.07) is 21.3. The predicted molar refractivity (Wildman–Crippen MR) is 108 cm³/mol. The van der Waals surface area contributed by atoms with E-state index in [1.165, 1.54) is 29.2 Å². The van der Waals surface area contributed by atoms with Gasteiger partial charge in [-0.15, -0.1) is 0 Å². The molecular weight excluding hydrogens is 373 g/mol. The van der Waals surface area contributed by atoms with E-state index in [9.17, 15) is 14.0 Å². The maximum Gasteiger partial charge on any atom is 0.338 e. The van der Waals surface area contributed by atoms with E-state index in [1.54, 1.807) is 43.3 Å². The molecule has 6 heteroatoms. The van der Waals surface area contributed by atoms with Gasteiger partial charge >= 0.3 is 5.97 Å². The number of nitrogens with zero attached hydrogens (tertiary/aromatic N) is 1. The van der Waals surface area contributed by atoms with E-state index in [0.29, 0.717) is 23.7 Å². The number of likely N-dealkylation sites (N-methyl/N-ethyl adjacent to an activating group) is 1. The van der Waals surface area contributed by atoms with Crippen molar-refractivity contribution in [2.75, 3.05) is 18.1 Å². The van der Waals surface area contributed by atoms with E-state index < -0.39 is 18.5 Å². The molecule has 1 amide bonds. The van der Waals surface area contributed by atoms with Crippen LogP contribution in [0.3, 0.4) is 0 Å². The number of hydrogen-bond acceptors (Lipinski definition) is 4. The third-order valence-electron chi connectivity index (χ3n) is 4.13. The second kappa shape index (κ2) is 9.50. The molecule has 0 aliphatic rings. The Balaban J connectivity index is 1.61. The van der Waals surface area contributed by atoms with Crippen LogP contribution in [-0.2, 0) is 9.53 Å². The number of carbonyl (C=O) groups is 2. The molecule has 0 atom stereocenters. The first-order valence-corrected chi connectivity index (χ1v) is 9.13. The first-order chi connectivity index (χ1) is 14.1.